The summed E-state index contributed by atoms with van der Waals surface area (Å²) in [6.07, 6.45) is 5.13. The number of aromatic nitrogens is 8. The van der Waals surface area contributed by atoms with Crippen LogP contribution >= 0.6 is 11.6 Å². The molecule has 0 saturated carbocycles. The van der Waals surface area contributed by atoms with Crippen LogP contribution in [0, 0.1) is 0 Å². The van der Waals surface area contributed by atoms with Gasteiger partial charge in [-0.05, 0) is 44.2 Å². The van der Waals surface area contributed by atoms with Gasteiger partial charge in [0.25, 0.3) is 5.56 Å². The van der Waals surface area contributed by atoms with Gasteiger partial charge in [0.1, 0.15) is 30.0 Å². The summed E-state index contributed by atoms with van der Waals surface area (Å²) in [5.74, 6) is 1.06. The lowest BCUT2D eigenvalue weighted by molar-refractivity contribution is 0.134. The first-order valence-electron chi connectivity index (χ1n) is 12.4. The number of nitrogens with zero attached hydrogens (tertiary/aromatic N) is 8. The molecule has 0 aliphatic carbocycles. The summed E-state index contributed by atoms with van der Waals surface area (Å²) in [7, 11) is 0. The van der Waals surface area contributed by atoms with Gasteiger partial charge in [-0.25, -0.2) is 19.6 Å². The molecule has 2 aromatic carbocycles. The second-order valence-electron chi connectivity index (χ2n) is 10.1. The van der Waals surface area contributed by atoms with Crippen LogP contribution in [0.2, 0.25) is 5.02 Å². The highest BCUT2D eigenvalue weighted by Crippen LogP contribution is 2.47. The highest BCUT2D eigenvalue weighted by Gasteiger charge is 2.35. The molecule has 0 atom stereocenters. The molecular formula is C27H22ClN9O3. The predicted molar refractivity (Wildman–Crippen MR) is 148 cm³/mol. The Kier molecular flexibility index (Phi) is 5.13. The normalized spacial score (nSPS) is 14.1. The van der Waals surface area contributed by atoms with Gasteiger partial charge in [-0.2, -0.15) is 19.7 Å². The fourth-order valence-corrected chi connectivity index (χ4v) is 5.50. The van der Waals surface area contributed by atoms with Crippen molar-refractivity contribution in [1.82, 2.24) is 39.3 Å². The summed E-state index contributed by atoms with van der Waals surface area (Å²) in [4.78, 5) is 28.6. The zero-order valence-corrected chi connectivity index (χ0v) is 22.2. The van der Waals surface area contributed by atoms with Gasteiger partial charge in [-0.3, -0.25) is 4.79 Å². The Balaban J connectivity index is 1.46. The number of anilines is 1. The third-order valence-corrected chi connectivity index (χ3v) is 7.23. The second kappa shape index (κ2) is 8.52. The number of benzene rings is 2. The maximum atomic E-state index is 13.7. The molecule has 0 fully saturated rings. The SMILES string of the molecule is CC1(C)Cc2c(-c3nn(Cc4nc5cccc(Cl)c5c(=O)n4-n4cccn4)c4ncnc(N)c34)ccc(O)c2O1. The van der Waals surface area contributed by atoms with Gasteiger partial charge >= 0.3 is 0 Å². The minimum atomic E-state index is -0.507. The Hall–Kier alpha value is -4.97. The molecule has 3 N–H and O–H groups in total. The van der Waals surface area contributed by atoms with Crippen LogP contribution in [0.1, 0.15) is 25.2 Å². The summed E-state index contributed by atoms with van der Waals surface area (Å²) in [6, 6.07) is 10.2. The number of halogens is 1. The van der Waals surface area contributed by atoms with E-state index in [0.717, 1.165) is 11.1 Å². The smallest absolute Gasteiger partial charge is 0.283 e. The maximum Gasteiger partial charge on any atom is 0.283 e. The molecule has 200 valence electrons. The molecule has 4 aromatic heterocycles. The van der Waals surface area contributed by atoms with E-state index in [2.05, 4.69) is 15.1 Å². The van der Waals surface area contributed by atoms with Crippen LogP contribution in [-0.4, -0.2) is 50.0 Å². The van der Waals surface area contributed by atoms with Crippen molar-refractivity contribution in [1.29, 1.82) is 0 Å². The van der Waals surface area contributed by atoms with Crippen LogP contribution in [0.3, 0.4) is 0 Å². The molecule has 12 nitrogen and oxygen atoms in total. The largest absolute Gasteiger partial charge is 0.504 e. The van der Waals surface area contributed by atoms with Gasteiger partial charge in [0.05, 0.1) is 27.5 Å². The third-order valence-electron chi connectivity index (χ3n) is 6.91. The zero-order valence-electron chi connectivity index (χ0n) is 21.4. The number of phenols is 1. The quantitative estimate of drug-likeness (QED) is 0.333. The summed E-state index contributed by atoms with van der Waals surface area (Å²) in [5.41, 5.74) is 8.46. The first-order valence-corrected chi connectivity index (χ1v) is 12.8. The number of aromatic hydroxyl groups is 1. The molecule has 0 spiro atoms. The Labute approximate surface area is 231 Å². The van der Waals surface area contributed by atoms with Crippen molar-refractivity contribution in [2.45, 2.75) is 32.4 Å². The minimum absolute atomic E-state index is 0.0484. The van der Waals surface area contributed by atoms with E-state index < -0.39 is 5.60 Å². The number of nitrogens with two attached hydrogens (primary N) is 1. The van der Waals surface area contributed by atoms with Crippen molar-refractivity contribution in [2.75, 3.05) is 5.73 Å². The van der Waals surface area contributed by atoms with E-state index in [1.807, 2.05) is 13.8 Å². The lowest BCUT2D eigenvalue weighted by atomic mass is 9.95. The number of ether oxygens (including phenoxy) is 1. The molecule has 5 heterocycles. The molecular weight excluding hydrogens is 534 g/mol. The van der Waals surface area contributed by atoms with E-state index in [-0.39, 0.29) is 29.1 Å². The molecule has 40 heavy (non-hydrogen) atoms. The molecule has 6 aromatic rings. The molecule has 0 bridgehead atoms. The molecule has 13 heteroatoms. The molecule has 1 aliphatic heterocycles. The van der Waals surface area contributed by atoms with E-state index in [0.29, 0.717) is 45.3 Å². The van der Waals surface area contributed by atoms with Gasteiger partial charge in [0.2, 0.25) is 0 Å². The number of hydrogen-bond acceptors (Lipinski definition) is 9. The van der Waals surface area contributed by atoms with Crippen molar-refractivity contribution < 1.29 is 9.84 Å². The number of fused-ring (bicyclic) bond motifs is 3. The number of phenolic OH excluding ortho intramolecular Hbond substituents is 1. The van der Waals surface area contributed by atoms with E-state index in [1.165, 1.54) is 15.8 Å². The summed E-state index contributed by atoms with van der Waals surface area (Å²) in [6.45, 7) is 3.96. The van der Waals surface area contributed by atoms with Crippen molar-refractivity contribution in [3.63, 3.8) is 0 Å². The Morgan fingerprint density at radius 3 is 2.80 bits per heavy atom. The third kappa shape index (κ3) is 3.60. The zero-order chi connectivity index (χ0) is 27.8. The van der Waals surface area contributed by atoms with Crippen molar-refractivity contribution in [3.05, 3.63) is 81.9 Å². The van der Waals surface area contributed by atoms with Crippen LogP contribution in [0.4, 0.5) is 5.82 Å². The fraction of sp³-hybridized carbons (Fsp3) is 0.185. The van der Waals surface area contributed by atoms with E-state index in [9.17, 15) is 9.90 Å². The average Bonchev–Trinajstić information content (AvgIpc) is 3.63. The van der Waals surface area contributed by atoms with Crippen LogP contribution in [-0.2, 0) is 13.0 Å². The van der Waals surface area contributed by atoms with Gasteiger partial charge in [-0.15, -0.1) is 0 Å². The average molecular weight is 556 g/mol. The molecule has 0 radical (unpaired) electrons. The lowest BCUT2D eigenvalue weighted by Gasteiger charge is -2.16. The highest BCUT2D eigenvalue weighted by atomic mass is 35.5. The van der Waals surface area contributed by atoms with Crippen LogP contribution in [0.5, 0.6) is 11.5 Å². The molecule has 1 aliphatic rings. The summed E-state index contributed by atoms with van der Waals surface area (Å²) < 4.78 is 9.01. The Morgan fingerprint density at radius 2 is 2.00 bits per heavy atom. The van der Waals surface area contributed by atoms with E-state index in [1.54, 1.807) is 53.5 Å². The lowest BCUT2D eigenvalue weighted by Crippen LogP contribution is -2.32. The monoisotopic (exact) mass is 555 g/mol. The van der Waals surface area contributed by atoms with Crippen LogP contribution in [0.15, 0.2) is 59.9 Å². The number of rotatable bonds is 4. The Morgan fingerprint density at radius 1 is 1.15 bits per heavy atom. The van der Waals surface area contributed by atoms with Gasteiger partial charge in [0, 0.05) is 23.7 Å². The summed E-state index contributed by atoms with van der Waals surface area (Å²) in [5, 5.41) is 20.8. The second-order valence-corrected chi connectivity index (χ2v) is 10.6. The highest BCUT2D eigenvalue weighted by molar-refractivity contribution is 6.35. The molecule has 0 saturated heterocycles. The fourth-order valence-electron chi connectivity index (χ4n) is 5.25. The van der Waals surface area contributed by atoms with Crippen molar-refractivity contribution >= 4 is 39.4 Å². The van der Waals surface area contributed by atoms with Crippen LogP contribution in [0.25, 0.3) is 33.2 Å². The summed E-state index contributed by atoms with van der Waals surface area (Å²) >= 11 is 6.39. The van der Waals surface area contributed by atoms with E-state index in [4.69, 9.17) is 32.2 Å². The number of nitrogen functional groups attached to an aromatic ring is 1. The first-order chi connectivity index (χ1) is 19.2. The maximum absolute atomic E-state index is 13.7. The molecule has 0 amide bonds. The van der Waals surface area contributed by atoms with Crippen molar-refractivity contribution in [2.24, 2.45) is 0 Å². The topological polar surface area (TPSA) is 152 Å². The predicted octanol–water partition coefficient (Wildman–Crippen LogP) is 3.41. The number of hydrogen-bond donors (Lipinski definition) is 2. The van der Waals surface area contributed by atoms with Gasteiger partial charge < -0.3 is 15.6 Å². The van der Waals surface area contributed by atoms with E-state index >= 15 is 0 Å². The van der Waals surface area contributed by atoms with Gasteiger partial charge in [0.15, 0.2) is 23.0 Å². The first kappa shape index (κ1) is 24.1. The Bertz CT molecular complexity index is 2030. The van der Waals surface area contributed by atoms with Crippen molar-refractivity contribution in [3.8, 4) is 22.8 Å². The standard InChI is InChI=1S/C27H22ClN9O3/c1-27(2)11-15-14(7-8-18(38)23(15)40-27)22-21-24(29)30-13-31-25(21)35(34-22)12-19-33-17-6-3-5-16(28)20(17)26(39)37(19)36-10-4-9-32-36/h3-10,13,38H,11-12H2,1-2H3,(H2,29,30,31). The van der Waals surface area contributed by atoms with Gasteiger partial charge in [-0.1, -0.05) is 17.7 Å². The molecule has 0 unspecified atom stereocenters. The molecule has 7 rings (SSSR count). The van der Waals surface area contributed by atoms with Crippen LogP contribution < -0.4 is 16.0 Å². The minimum Gasteiger partial charge on any atom is -0.504 e.